The lowest BCUT2D eigenvalue weighted by molar-refractivity contribution is -0.131. The minimum atomic E-state index is -0.284. The summed E-state index contributed by atoms with van der Waals surface area (Å²) in [5.74, 6) is 0.361. The summed E-state index contributed by atoms with van der Waals surface area (Å²) in [7, 11) is 0. The molecule has 2 aromatic carbocycles. The van der Waals surface area contributed by atoms with Crippen LogP contribution in [0.25, 0.3) is 10.8 Å². The lowest BCUT2D eigenvalue weighted by atomic mass is 10.0. The highest BCUT2D eigenvalue weighted by molar-refractivity contribution is 5.91. The molecule has 2 nitrogen and oxygen atoms in total. The molecule has 0 unspecified atom stereocenters. The number of hydrogen-bond donors (Lipinski definition) is 0. The number of rotatable bonds is 1. The predicted octanol–water partition coefficient (Wildman–Crippen LogP) is 3.38. The molecule has 82 valence electrons. The molecule has 16 heavy (non-hydrogen) atoms. The van der Waals surface area contributed by atoms with Gasteiger partial charge in [0.15, 0.2) is 0 Å². The van der Waals surface area contributed by atoms with Crippen LogP contribution in [0.3, 0.4) is 0 Å². The number of carbonyl (C=O) groups is 1. The summed E-state index contributed by atoms with van der Waals surface area (Å²) in [6, 6.07) is 10.1. The zero-order chi connectivity index (χ0) is 11.7. The first-order valence-corrected chi connectivity index (χ1v) is 5.26. The summed E-state index contributed by atoms with van der Waals surface area (Å²) >= 11 is 0. The van der Waals surface area contributed by atoms with E-state index in [2.05, 4.69) is 12.1 Å². The Labute approximate surface area is 94.8 Å². The second-order valence-electron chi connectivity index (χ2n) is 4.08. The zero-order valence-corrected chi connectivity index (χ0v) is 9.70. The van der Waals surface area contributed by atoms with Crippen LogP contribution in [-0.2, 0) is 4.79 Å². The maximum atomic E-state index is 11.0. The first-order chi connectivity index (χ1) is 7.56. The van der Waals surface area contributed by atoms with E-state index in [1.165, 1.54) is 6.92 Å². The number of benzene rings is 2. The maximum absolute atomic E-state index is 11.0. The number of hydrogen-bond acceptors (Lipinski definition) is 2. The van der Waals surface area contributed by atoms with E-state index in [9.17, 15) is 4.79 Å². The van der Waals surface area contributed by atoms with Crippen molar-refractivity contribution in [1.29, 1.82) is 0 Å². The van der Waals surface area contributed by atoms with Crippen LogP contribution >= 0.6 is 0 Å². The lowest BCUT2D eigenvalue weighted by Crippen LogP contribution is -2.02. The van der Waals surface area contributed by atoms with Gasteiger partial charge in [-0.05, 0) is 36.9 Å². The third kappa shape index (κ3) is 2.06. The molecule has 0 fully saturated rings. The van der Waals surface area contributed by atoms with Crippen LogP contribution in [0.1, 0.15) is 18.1 Å². The van der Waals surface area contributed by atoms with Crippen LogP contribution in [0.15, 0.2) is 30.3 Å². The average Bonchev–Trinajstić information content (AvgIpc) is 2.18. The highest BCUT2D eigenvalue weighted by Gasteiger charge is 2.06. The molecule has 0 saturated carbocycles. The first-order valence-electron chi connectivity index (χ1n) is 5.26. The average molecular weight is 214 g/mol. The summed E-state index contributed by atoms with van der Waals surface area (Å²) in [6.07, 6.45) is 0. The van der Waals surface area contributed by atoms with Crippen molar-refractivity contribution < 1.29 is 9.53 Å². The van der Waals surface area contributed by atoms with Gasteiger partial charge >= 0.3 is 5.97 Å². The van der Waals surface area contributed by atoms with E-state index < -0.39 is 0 Å². The van der Waals surface area contributed by atoms with E-state index in [-0.39, 0.29) is 5.97 Å². The Hall–Kier alpha value is -1.83. The molecule has 2 aromatic rings. The lowest BCUT2D eigenvalue weighted by Gasteiger charge is -2.08. The van der Waals surface area contributed by atoms with Crippen molar-refractivity contribution in [2.24, 2.45) is 0 Å². The quantitative estimate of drug-likeness (QED) is 0.537. The molecule has 0 saturated heterocycles. The molecular weight excluding hydrogens is 200 g/mol. The van der Waals surface area contributed by atoms with Gasteiger partial charge in [-0.3, -0.25) is 4.79 Å². The van der Waals surface area contributed by atoms with Gasteiger partial charge in [0.1, 0.15) is 5.75 Å². The summed E-state index contributed by atoms with van der Waals surface area (Å²) in [5, 5.41) is 2.09. The fourth-order valence-corrected chi connectivity index (χ4v) is 1.82. The van der Waals surface area contributed by atoms with Crippen LogP contribution < -0.4 is 4.74 Å². The Balaban J connectivity index is 2.69. The second-order valence-corrected chi connectivity index (χ2v) is 4.08. The van der Waals surface area contributed by atoms with Gasteiger partial charge in [0, 0.05) is 12.3 Å². The highest BCUT2D eigenvalue weighted by atomic mass is 16.5. The Morgan fingerprint density at radius 3 is 2.50 bits per heavy atom. The number of fused-ring (bicyclic) bond motifs is 1. The minimum absolute atomic E-state index is 0.284. The van der Waals surface area contributed by atoms with Gasteiger partial charge in [-0.1, -0.05) is 23.8 Å². The molecule has 2 heteroatoms. The maximum Gasteiger partial charge on any atom is 0.308 e. The molecule has 0 spiro atoms. The summed E-state index contributed by atoms with van der Waals surface area (Å²) in [6.45, 7) is 5.44. The van der Waals surface area contributed by atoms with E-state index in [1.807, 2.05) is 32.0 Å². The van der Waals surface area contributed by atoms with E-state index in [4.69, 9.17) is 4.74 Å². The molecule has 0 aliphatic carbocycles. The van der Waals surface area contributed by atoms with E-state index in [0.29, 0.717) is 5.75 Å². The molecule has 0 bridgehead atoms. The van der Waals surface area contributed by atoms with Gasteiger partial charge in [0.2, 0.25) is 0 Å². The van der Waals surface area contributed by atoms with Crippen molar-refractivity contribution >= 4 is 16.7 Å². The molecule has 0 aliphatic heterocycles. The SMILES string of the molecule is CC(=O)Oc1cc(C)cc2ccc(C)cc12. The normalized spacial score (nSPS) is 10.4. The topological polar surface area (TPSA) is 26.3 Å². The Kier molecular flexibility index (Phi) is 2.65. The van der Waals surface area contributed by atoms with Crippen molar-refractivity contribution in [2.75, 3.05) is 0 Å². The Morgan fingerprint density at radius 2 is 1.81 bits per heavy atom. The Morgan fingerprint density at radius 1 is 1.06 bits per heavy atom. The first kappa shape index (κ1) is 10.7. The smallest absolute Gasteiger partial charge is 0.308 e. The van der Waals surface area contributed by atoms with E-state index in [1.54, 1.807) is 0 Å². The molecule has 0 atom stereocenters. The van der Waals surface area contributed by atoms with Crippen LogP contribution in [0.5, 0.6) is 5.75 Å². The van der Waals surface area contributed by atoms with Crippen molar-refractivity contribution in [3.8, 4) is 5.75 Å². The fourth-order valence-electron chi connectivity index (χ4n) is 1.82. The second kappa shape index (κ2) is 3.97. The van der Waals surface area contributed by atoms with Crippen molar-refractivity contribution in [3.63, 3.8) is 0 Å². The highest BCUT2D eigenvalue weighted by Crippen LogP contribution is 2.28. The molecule has 0 aromatic heterocycles. The molecule has 0 aliphatic rings. The standard InChI is InChI=1S/C14H14O2/c1-9-4-5-12-6-10(2)8-14(13(12)7-9)16-11(3)15/h4-8H,1-3H3. The zero-order valence-electron chi connectivity index (χ0n) is 9.70. The van der Waals surface area contributed by atoms with Gasteiger partial charge < -0.3 is 4.74 Å². The van der Waals surface area contributed by atoms with Gasteiger partial charge in [0.05, 0.1) is 0 Å². The van der Waals surface area contributed by atoms with Crippen LogP contribution in [0.4, 0.5) is 0 Å². The number of carbonyl (C=O) groups excluding carboxylic acids is 1. The summed E-state index contributed by atoms with van der Waals surface area (Å²) in [5.41, 5.74) is 2.25. The summed E-state index contributed by atoms with van der Waals surface area (Å²) < 4.78 is 5.22. The predicted molar refractivity (Wildman–Crippen MR) is 64.7 cm³/mol. The van der Waals surface area contributed by atoms with Crippen LogP contribution in [0, 0.1) is 13.8 Å². The van der Waals surface area contributed by atoms with Crippen LogP contribution in [-0.4, -0.2) is 5.97 Å². The van der Waals surface area contributed by atoms with Crippen molar-refractivity contribution in [1.82, 2.24) is 0 Å². The molecule has 0 amide bonds. The van der Waals surface area contributed by atoms with Gasteiger partial charge in [-0.25, -0.2) is 0 Å². The van der Waals surface area contributed by atoms with Gasteiger partial charge in [-0.2, -0.15) is 0 Å². The fraction of sp³-hybridized carbons (Fsp3) is 0.214. The number of ether oxygens (including phenoxy) is 1. The number of esters is 1. The molecule has 0 radical (unpaired) electrons. The number of aryl methyl sites for hydroxylation is 2. The Bertz CT molecular complexity index is 556. The van der Waals surface area contributed by atoms with E-state index >= 15 is 0 Å². The molecule has 2 rings (SSSR count). The molecular formula is C14H14O2. The van der Waals surface area contributed by atoms with Gasteiger partial charge in [-0.15, -0.1) is 0 Å². The van der Waals surface area contributed by atoms with Crippen LogP contribution in [0.2, 0.25) is 0 Å². The van der Waals surface area contributed by atoms with Crippen molar-refractivity contribution in [3.05, 3.63) is 41.5 Å². The largest absolute Gasteiger partial charge is 0.426 e. The third-order valence-corrected chi connectivity index (χ3v) is 2.47. The third-order valence-electron chi connectivity index (χ3n) is 2.47. The van der Waals surface area contributed by atoms with Gasteiger partial charge in [0.25, 0.3) is 0 Å². The van der Waals surface area contributed by atoms with Crippen molar-refractivity contribution in [2.45, 2.75) is 20.8 Å². The summed E-state index contributed by atoms with van der Waals surface area (Å²) in [4.78, 5) is 11.0. The molecule has 0 heterocycles. The van der Waals surface area contributed by atoms with E-state index in [0.717, 1.165) is 21.9 Å². The minimum Gasteiger partial charge on any atom is -0.426 e. The molecule has 0 N–H and O–H groups in total. The monoisotopic (exact) mass is 214 g/mol.